The third-order valence-electron chi connectivity index (χ3n) is 3.94. The van der Waals surface area contributed by atoms with Gasteiger partial charge in [0.15, 0.2) is 0 Å². The number of aliphatic carboxylic acids is 1. The van der Waals surface area contributed by atoms with Gasteiger partial charge in [0.1, 0.15) is 5.75 Å². The maximum Gasteiger partial charge on any atom is 0.309 e. The van der Waals surface area contributed by atoms with Gasteiger partial charge < -0.3 is 9.84 Å². The number of carboxylic acid groups (broad SMARTS) is 1. The van der Waals surface area contributed by atoms with Crippen LogP contribution in [0.5, 0.6) is 5.75 Å². The number of carbonyl (C=O) groups is 1. The van der Waals surface area contributed by atoms with Gasteiger partial charge in [0.25, 0.3) is 0 Å². The molecule has 1 fully saturated rings. The van der Waals surface area contributed by atoms with E-state index in [2.05, 4.69) is 6.07 Å². The highest BCUT2D eigenvalue weighted by Gasteiger charge is 2.51. The number of hydrogen-bond donors (Lipinski definition) is 1. The normalized spacial score (nSPS) is 24.6. The summed E-state index contributed by atoms with van der Waals surface area (Å²) in [4.78, 5) is 11.2. The summed E-state index contributed by atoms with van der Waals surface area (Å²) in [5.41, 5.74) is 0.783. The lowest BCUT2D eigenvalue weighted by molar-refractivity contribution is -0.144. The lowest BCUT2D eigenvalue weighted by Gasteiger charge is -2.27. The molecule has 1 N–H and O–H groups in total. The molecule has 1 aliphatic heterocycles. The summed E-state index contributed by atoms with van der Waals surface area (Å²) in [6.45, 7) is 0.659. The average Bonchev–Trinajstić information content (AvgIpc) is 3.10. The zero-order valence-corrected chi connectivity index (χ0v) is 9.69. The van der Waals surface area contributed by atoms with Gasteiger partial charge in [-0.05, 0) is 43.2 Å². The van der Waals surface area contributed by atoms with Gasteiger partial charge in [-0.1, -0.05) is 18.2 Å². The summed E-state index contributed by atoms with van der Waals surface area (Å²) in [5.74, 6) is 0.684. The lowest BCUT2D eigenvalue weighted by Crippen LogP contribution is -2.27. The Balaban J connectivity index is 1.71. The first-order valence-corrected chi connectivity index (χ1v) is 6.14. The fourth-order valence-corrected chi connectivity index (χ4v) is 2.73. The van der Waals surface area contributed by atoms with Gasteiger partial charge in [0.05, 0.1) is 12.0 Å². The maximum absolute atomic E-state index is 11.2. The standard InChI is InChI=1S/C14H16O3/c15-13(16)14(5-6-14)8-10-7-11-3-1-2-4-12(11)17-9-10/h1-4,10H,5-9H2,(H,15,16). The van der Waals surface area contributed by atoms with E-state index in [1.807, 2.05) is 18.2 Å². The molecular weight excluding hydrogens is 216 g/mol. The molecule has 0 aromatic heterocycles. The summed E-state index contributed by atoms with van der Waals surface area (Å²) < 4.78 is 5.70. The molecular formula is C14H16O3. The molecule has 1 aromatic rings. The van der Waals surface area contributed by atoms with Crippen molar-refractivity contribution in [1.29, 1.82) is 0 Å². The highest BCUT2D eigenvalue weighted by atomic mass is 16.5. The molecule has 0 bridgehead atoms. The minimum atomic E-state index is -0.628. The van der Waals surface area contributed by atoms with E-state index in [4.69, 9.17) is 4.74 Å². The van der Waals surface area contributed by atoms with Crippen molar-refractivity contribution in [2.45, 2.75) is 25.7 Å². The van der Waals surface area contributed by atoms with Crippen molar-refractivity contribution in [3.63, 3.8) is 0 Å². The van der Waals surface area contributed by atoms with Gasteiger partial charge >= 0.3 is 5.97 Å². The number of ether oxygens (including phenoxy) is 1. The molecule has 1 unspecified atom stereocenters. The van der Waals surface area contributed by atoms with Crippen LogP contribution < -0.4 is 4.74 Å². The Kier molecular flexibility index (Phi) is 2.35. The molecule has 1 heterocycles. The van der Waals surface area contributed by atoms with E-state index >= 15 is 0 Å². The molecule has 90 valence electrons. The zero-order valence-electron chi connectivity index (χ0n) is 9.69. The molecule has 1 aromatic carbocycles. The van der Waals surface area contributed by atoms with Crippen LogP contribution in [0.15, 0.2) is 24.3 Å². The SMILES string of the molecule is O=C(O)C1(CC2COc3ccccc3C2)CC1. The molecule has 0 amide bonds. The molecule has 1 aliphatic carbocycles. The van der Waals surface area contributed by atoms with E-state index < -0.39 is 11.4 Å². The first-order chi connectivity index (χ1) is 8.20. The van der Waals surface area contributed by atoms with Gasteiger partial charge in [-0.25, -0.2) is 0 Å². The van der Waals surface area contributed by atoms with Crippen LogP contribution in [0.25, 0.3) is 0 Å². The predicted octanol–water partition coefficient (Wildman–Crippen LogP) is 2.49. The monoisotopic (exact) mass is 232 g/mol. The molecule has 3 rings (SSSR count). The van der Waals surface area contributed by atoms with Gasteiger partial charge in [-0.15, -0.1) is 0 Å². The summed E-state index contributed by atoms with van der Waals surface area (Å²) in [5, 5.41) is 9.19. The van der Waals surface area contributed by atoms with Crippen molar-refractivity contribution in [2.24, 2.45) is 11.3 Å². The van der Waals surface area contributed by atoms with Crippen molar-refractivity contribution < 1.29 is 14.6 Å². The number of hydrogen-bond acceptors (Lipinski definition) is 2. The average molecular weight is 232 g/mol. The number of fused-ring (bicyclic) bond motifs is 1. The zero-order chi connectivity index (χ0) is 11.9. The third-order valence-corrected chi connectivity index (χ3v) is 3.94. The van der Waals surface area contributed by atoms with Crippen molar-refractivity contribution >= 4 is 5.97 Å². The van der Waals surface area contributed by atoms with Crippen LogP contribution in [0.4, 0.5) is 0 Å². The van der Waals surface area contributed by atoms with Crippen LogP contribution >= 0.6 is 0 Å². The van der Waals surface area contributed by atoms with E-state index in [-0.39, 0.29) is 0 Å². The van der Waals surface area contributed by atoms with Crippen molar-refractivity contribution in [3.8, 4) is 5.75 Å². The van der Waals surface area contributed by atoms with Gasteiger partial charge in [-0.3, -0.25) is 4.79 Å². The van der Waals surface area contributed by atoms with Crippen molar-refractivity contribution in [3.05, 3.63) is 29.8 Å². The number of carboxylic acids is 1. The Morgan fingerprint density at radius 3 is 2.88 bits per heavy atom. The topological polar surface area (TPSA) is 46.5 Å². The van der Waals surface area contributed by atoms with Crippen LogP contribution in [-0.4, -0.2) is 17.7 Å². The quantitative estimate of drug-likeness (QED) is 0.871. The van der Waals surface area contributed by atoms with Crippen molar-refractivity contribution in [1.82, 2.24) is 0 Å². The predicted molar refractivity (Wildman–Crippen MR) is 63.1 cm³/mol. The molecule has 17 heavy (non-hydrogen) atoms. The van der Waals surface area contributed by atoms with E-state index in [1.54, 1.807) is 0 Å². The molecule has 1 atom stereocenters. The molecule has 0 radical (unpaired) electrons. The molecule has 0 spiro atoms. The lowest BCUT2D eigenvalue weighted by atomic mass is 9.86. The van der Waals surface area contributed by atoms with Crippen LogP contribution in [0, 0.1) is 11.3 Å². The Labute approximate surface area is 100 Å². The molecule has 3 heteroatoms. The summed E-state index contributed by atoms with van der Waals surface area (Å²) in [6, 6.07) is 8.03. The Morgan fingerprint density at radius 2 is 2.18 bits per heavy atom. The molecule has 1 saturated carbocycles. The minimum Gasteiger partial charge on any atom is -0.493 e. The minimum absolute atomic E-state index is 0.350. The fraction of sp³-hybridized carbons (Fsp3) is 0.500. The summed E-state index contributed by atoms with van der Waals surface area (Å²) in [6.07, 6.45) is 3.38. The van der Waals surface area contributed by atoms with Crippen LogP contribution in [0.1, 0.15) is 24.8 Å². The van der Waals surface area contributed by atoms with E-state index in [0.717, 1.165) is 31.4 Å². The summed E-state index contributed by atoms with van der Waals surface area (Å²) >= 11 is 0. The van der Waals surface area contributed by atoms with Gasteiger partial charge in [-0.2, -0.15) is 0 Å². The van der Waals surface area contributed by atoms with E-state index in [9.17, 15) is 9.90 Å². The Bertz CT molecular complexity index is 449. The number of para-hydroxylation sites is 1. The van der Waals surface area contributed by atoms with Crippen LogP contribution in [0.2, 0.25) is 0 Å². The fourth-order valence-electron chi connectivity index (χ4n) is 2.73. The smallest absolute Gasteiger partial charge is 0.309 e. The van der Waals surface area contributed by atoms with Crippen LogP contribution in [-0.2, 0) is 11.2 Å². The largest absolute Gasteiger partial charge is 0.493 e. The number of rotatable bonds is 3. The third kappa shape index (κ3) is 1.90. The van der Waals surface area contributed by atoms with Gasteiger partial charge in [0, 0.05) is 0 Å². The second-order valence-corrected chi connectivity index (χ2v) is 5.28. The second-order valence-electron chi connectivity index (χ2n) is 5.28. The van der Waals surface area contributed by atoms with E-state index in [1.165, 1.54) is 5.56 Å². The second kappa shape index (κ2) is 3.76. The van der Waals surface area contributed by atoms with E-state index in [0.29, 0.717) is 12.5 Å². The summed E-state index contributed by atoms with van der Waals surface area (Å²) in [7, 11) is 0. The number of benzene rings is 1. The first kappa shape index (κ1) is 10.6. The van der Waals surface area contributed by atoms with Crippen LogP contribution in [0.3, 0.4) is 0 Å². The molecule has 2 aliphatic rings. The highest BCUT2D eigenvalue weighted by Crippen LogP contribution is 2.51. The first-order valence-electron chi connectivity index (χ1n) is 6.14. The Hall–Kier alpha value is -1.51. The molecule has 3 nitrogen and oxygen atoms in total. The molecule has 0 saturated heterocycles. The maximum atomic E-state index is 11.2. The highest BCUT2D eigenvalue weighted by molar-refractivity contribution is 5.77. The van der Waals surface area contributed by atoms with Crippen molar-refractivity contribution in [2.75, 3.05) is 6.61 Å². The van der Waals surface area contributed by atoms with Gasteiger partial charge in [0.2, 0.25) is 0 Å². The Morgan fingerprint density at radius 1 is 1.41 bits per heavy atom.